The van der Waals surface area contributed by atoms with Crippen LogP contribution in [0, 0.1) is 0 Å². The lowest BCUT2D eigenvalue weighted by atomic mass is 10.0. The summed E-state index contributed by atoms with van der Waals surface area (Å²) in [6.07, 6.45) is 0. The molecule has 0 unspecified atom stereocenters. The average Bonchev–Trinajstić information content (AvgIpc) is 2.81. The third kappa shape index (κ3) is 6.09. The highest BCUT2D eigenvalue weighted by Gasteiger charge is 2.07. The van der Waals surface area contributed by atoms with Gasteiger partial charge >= 0.3 is 0 Å². The van der Waals surface area contributed by atoms with Gasteiger partial charge in [-0.2, -0.15) is 0 Å². The number of hydrogen-bond acceptors (Lipinski definition) is 3. The van der Waals surface area contributed by atoms with Crippen LogP contribution in [0.5, 0.6) is 0 Å². The van der Waals surface area contributed by atoms with Crippen LogP contribution in [-0.2, 0) is 0 Å². The smallest absolute Gasteiger partial charge is 0.193 e. The van der Waals surface area contributed by atoms with Crippen LogP contribution in [0.4, 0.5) is 0 Å². The van der Waals surface area contributed by atoms with Gasteiger partial charge in [0.15, 0.2) is 11.6 Å². The molecule has 29 heavy (non-hydrogen) atoms. The van der Waals surface area contributed by atoms with E-state index < -0.39 is 0 Å². The van der Waals surface area contributed by atoms with Crippen molar-refractivity contribution in [2.75, 3.05) is 0 Å². The van der Waals surface area contributed by atoms with E-state index in [0.29, 0.717) is 0 Å². The first kappa shape index (κ1) is 21.5. The molecule has 0 bridgehead atoms. The van der Waals surface area contributed by atoms with Gasteiger partial charge in [0.1, 0.15) is 0 Å². The maximum atomic E-state index is 11.8. The highest BCUT2D eigenvalue weighted by atomic mass is 16.1. The lowest BCUT2D eigenvalue weighted by Gasteiger charge is -1.99. The molecule has 0 fully saturated rings. The van der Waals surface area contributed by atoms with E-state index in [1.807, 2.05) is 121 Å². The highest BCUT2D eigenvalue weighted by molar-refractivity contribution is 6.09. The fourth-order valence-corrected chi connectivity index (χ4v) is 2.69. The van der Waals surface area contributed by atoms with Crippen LogP contribution in [0.1, 0.15) is 31.8 Å². The summed E-state index contributed by atoms with van der Waals surface area (Å²) < 4.78 is 0. The first-order valence-corrected chi connectivity index (χ1v) is 9.05. The second kappa shape index (κ2) is 11.1. The average molecular weight is 381 g/mol. The summed E-state index contributed by atoms with van der Waals surface area (Å²) >= 11 is 0. The van der Waals surface area contributed by atoms with Crippen LogP contribution in [0.2, 0.25) is 0 Å². The van der Waals surface area contributed by atoms with Crippen molar-refractivity contribution in [2.24, 2.45) is 0 Å². The van der Waals surface area contributed by atoms with Gasteiger partial charge in [0.25, 0.3) is 0 Å². The van der Waals surface area contributed by atoms with Gasteiger partial charge in [-0.25, -0.2) is 0 Å². The normalized spacial score (nSPS) is 9.38. The number of carbonyl (C=O) groups is 2. The maximum Gasteiger partial charge on any atom is 0.193 e. The Morgan fingerprint density at radius 1 is 0.345 bits per heavy atom. The summed E-state index contributed by atoms with van der Waals surface area (Å²) in [5.41, 5.74) is 2.94. The minimum absolute atomic E-state index is 0. The molecule has 3 N–H and O–H groups in total. The molecule has 0 saturated carbocycles. The molecule has 3 nitrogen and oxygen atoms in total. The SMILES string of the molecule is N.O=C(c1ccccc1)c1ccccc1.O=C(c1ccccc1)c1ccccc1. The van der Waals surface area contributed by atoms with Crippen LogP contribution in [0.25, 0.3) is 0 Å². The van der Waals surface area contributed by atoms with Crippen molar-refractivity contribution in [3.05, 3.63) is 144 Å². The molecule has 0 aliphatic heterocycles. The zero-order valence-electron chi connectivity index (χ0n) is 16.1. The number of hydrogen-bond donors (Lipinski definition) is 1. The third-order valence-corrected chi connectivity index (χ3v) is 4.14. The Bertz CT molecular complexity index is 845. The molecule has 0 aliphatic rings. The van der Waals surface area contributed by atoms with Crippen molar-refractivity contribution in [3.8, 4) is 0 Å². The van der Waals surface area contributed by atoms with E-state index in [-0.39, 0.29) is 17.7 Å². The molecular formula is C26H23NO2. The molecule has 0 saturated heterocycles. The minimum Gasteiger partial charge on any atom is -0.344 e. The first-order chi connectivity index (χ1) is 13.8. The van der Waals surface area contributed by atoms with E-state index in [1.54, 1.807) is 0 Å². The van der Waals surface area contributed by atoms with Crippen LogP contribution in [0.3, 0.4) is 0 Å². The monoisotopic (exact) mass is 381 g/mol. The summed E-state index contributed by atoms with van der Waals surface area (Å²) in [5, 5.41) is 0. The van der Waals surface area contributed by atoms with E-state index in [4.69, 9.17) is 0 Å². The van der Waals surface area contributed by atoms with Crippen LogP contribution in [-0.4, -0.2) is 11.6 Å². The topological polar surface area (TPSA) is 69.1 Å². The Kier molecular flexibility index (Phi) is 8.24. The molecule has 0 spiro atoms. The van der Waals surface area contributed by atoms with Crippen molar-refractivity contribution >= 4 is 11.6 Å². The fraction of sp³-hybridized carbons (Fsp3) is 0. The Labute approximate surface area is 171 Å². The Morgan fingerprint density at radius 2 is 0.517 bits per heavy atom. The fourth-order valence-electron chi connectivity index (χ4n) is 2.69. The number of benzene rings is 4. The van der Waals surface area contributed by atoms with Crippen LogP contribution < -0.4 is 6.15 Å². The predicted octanol–water partition coefficient (Wildman–Crippen LogP) is 6.00. The largest absolute Gasteiger partial charge is 0.344 e. The summed E-state index contributed by atoms with van der Waals surface area (Å²) in [6, 6.07) is 37.2. The van der Waals surface area contributed by atoms with Crippen molar-refractivity contribution < 1.29 is 9.59 Å². The second-order valence-corrected chi connectivity index (χ2v) is 6.12. The van der Waals surface area contributed by atoms with Gasteiger partial charge in [0.05, 0.1) is 0 Å². The molecule has 0 aliphatic carbocycles. The zero-order chi connectivity index (χ0) is 19.6. The van der Waals surface area contributed by atoms with Crippen LogP contribution >= 0.6 is 0 Å². The van der Waals surface area contributed by atoms with Gasteiger partial charge in [-0.05, 0) is 0 Å². The van der Waals surface area contributed by atoms with Gasteiger partial charge in [-0.15, -0.1) is 0 Å². The van der Waals surface area contributed by atoms with Gasteiger partial charge in [-0.3, -0.25) is 9.59 Å². The third-order valence-electron chi connectivity index (χ3n) is 4.14. The Morgan fingerprint density at radius 3 is 0.690 bits per heavy atom. The van der Waals surface area contributed by atoms with E-state index >= 15 is 0 Å². The van der Waals surface area contributed by atoms with Crippen molar-refractivity contribution in [1.82, 2.24) is 6.15 Å². The van der Waals surface area contributed by atoms with E-state index in [1.165, 1.54) is 0 Å². The van der Waals surface area contributed by atoms with Gasteiger partial charge in [0.2, 0.25) is 0 Å². The first-order valence-electron chi connectivity index (χ1n) is 9.05. The minimum atomic E-state index is 0. The molecule has 0 atom stereocenters. The zero-order valence-corrected chi connectivity index (χ0v) is 16.1. The van der Waals surface area contributed by atoms with E-state index in [0.717, 1.165) is 22.3 Å². The summed E-state index contributed by atoms with van der Waals surface area (Å²) in [5.74, 6) is 0.150. The maximum absolute atomic E-state index is 11.8. The standard InChI is InChI=1S/2C13H10O.H3N/c2*14-13(11-7-3-1-4-8-11)12-9-5-2-6-10-12;/h2*1-10H;1H3. The van der Waals surface area contributed by atoms with Crippen molar-refractivity contribution in [2.45, 2.75) is 0 Å². The van der Waals surface area contributed by atoms with Crippen molar-refractivity contribution in [1.29, 1.82) is 0 Å². The lowest BCUT2D eigenvalue weighted by molar-refractivity contribution is 0.103. The number of ketones is 2. The Hall–Kier alpha value is -3.82. The predicted molar refractivity (Wildman–Crippen MR) is 118 cm³/mol. The quantitative estimate of drug-likeness (QED) is 0.441. The molecular weight excluding hydrogens is 358 g/mol. The van der Waals surface area contributed by atoms with Gasteiger partial charge in [0, 0.05) is 22.3 Å². The van der Waals surface area contributed by atoms with Gasteiger partial charge in [-0.1, -0.05) is 121 Å². The molecule has 0 radical (unpaired) electrons. The van der Waals surface area contributed by atoms with Gasteiger partial charge < -0.3 is 6.15 Å². The van der Waals surface area contributed by atoms with E-state index in [9.17, 15) is 9.59 Å². The lowest BCUT2D eigenvalue weighted by Crippen LogP contribution is -1.99. The number of carbonyl (C=O) groups excluding carboxylic acids is 2. The molecule has 0 aromatic heterocycles. The Balaban J connectivity index is 0.000000200. The number of rotatable bonds is 4. The summed E-state index contributed by atoms with van der Waals surface area (Å²) in [6.45, 7) is 0. The van der Waals surface area contributed by atoms with E-state index in [2.05, 4.69) is 0 Å². The van der Waals surface area contributed by atoms with Crippen molar-refractivity contribution in [3.63, 3.8) is 0 Å². The summed E-state index contributed by atoms with van der Waals surface area (Å²) in [4.78, 5) is 23.7. The molecule has 3 heteroatoms. The molecule has 4 rings (SSSR count). The highest BCUT2D eigenvalue weighted by Crippen LogP contribution is 2.09. The van der Waals surface area contributed by atoms with Crippen LogP contribution in [0.15, 0.2) is 121 Å². The summed E-state index contributed by atoms with van der Waals surface area (Å²) in [7, 11) is 0. The molecule has 0 heterocycles. The molecule has 144 valence electrons. The second-order valence-electron chi connectivity index (χ2n) is 6.12. The molecule has 0 amide bonds. The molecule has 4 aromatic rings. The molecule has 4 aromatic carbocycles.